The van der Waals surface area contributed by atoms with E-state index in [-0.39, 0.29) is 36.4 Å². The molecule has 2 saturated heterocycles. The minimum atomic E-state index is 0. The summed E-state index contributed by atoms with van der Waals surface area (Å²) >= 11 is 0. The van der Waals surface area contributed by atoms with Gasteiger partial charge in [0.2, 0.25) is 5.91 Å². The predicted molar refractivity (Wildman–Crippen MR) is 119 cm³/mol. The molecule has 28 heavy (non-hydrogen) atoms. The molecule has 1 aromatic rings. The van der Waals surface area contributed by atoms with Crippen molar-refractivity contribution in [1.29, 1.82) is 0 Å². The van der Waals surface area contributed by atoms with Gasteiger partial charge in [-0.15, -0.1) is 24.0 Å². The number of halogens is 1. The number of carbonyl (C=O) groups is 1. The number of nitrogens with one attached hydrogen (secondary N) is 1. The van der Waals surface area contributed by atoms with Crippen molar-refractivity contribution in [3.05, 3.63) is 24.2 Å². The lowest BCUT2D eigenvalue weighted by molar-refractivity contribution is -0.127. The minimum Gasteiger partial charge on any atom is -0.469 e. The van der Waals surface area contributed by atoms with Gasteiger partial charge in [0, 0.05) is 59.3 Å². The van der Waals surface area contributed by atoms with Gasteiger partial charge in [-0.2, -0.15) is 0 Å². The van der Waals surface area contributed by atoms with E-state index in [1.807, 2.05) is 12.1 Å². The van der Waals surface area contributed by atoms with Crippen molar-refractivity contribution in [1.82, 2.24) is 20.0 Å². The van der Waals surface area contributed by atoms with Crippen molar-refractivity contribution in [3.8, 4) is 0 Å². The Kier molecular flexibility index (Phi) is 9.52. The molecular formula is C19H32IN5O3. The number of hydrogen-bond donors (Lipinski definition) is 1. The zero-order valence-electron chi connectivity index (χ0n) is 16.8. The van der Waals surface area contributed by atoms with Crippen molar-refractivity contribution < 1.29 is 13.9 Å². The molecule has 1 N–H and O–H groups in total. The smallest absolute Gasteiger partial charge is 0.243 e. The summed E-state index contributed by atoms with van der Waals surface area (Å²) in [6.07, 6.45) is 3.59. The Morgan fingerprint density at radius 3 is 2.79 bits per heavy atom. The van der Waals surface area contributed by atoms with E-state index in [4.69, 9.17) is 9.15 Å². The second-order valence-corrected chi connectivity index (χ2v) is 7.22. The first-order chi connectivity index (χ1) is 13.1. The van der Waals surface area contributed by atoms with Crippen molar-refractivity contribution in [3.63, 3.8) is 0 Å². The van der Waals surface area contributed by atoms with E-state index in [1.165, 1.54) is 0 Å². The molecule has 3 heterocycles. The number of guanidine groups is 1. The summed E-state index contributed by atoms with van der Waals surface area (Å²) in [5, 5.41) is 3.42. The molecule has 1 unspecified atom stereocenters. The van der Waals surface area contributed by atoms with Crippen LogP contribution in [-0.2, 0) is 16.0 Å². The molecule has 3 rings (SSSR count). The van der Waals surface area contributed by atoms with E-state index >= 15 is 0 Å². The number of furan rings is 1. The lowest BCUT2D eigenvalue weighted by Crippen LogP contribution is -2.47. The Bertz CT molecular complexity index is 617. The van der Waals surface area contributed by atoms with Crippen LogP contribution in [0, 0.1) is 0 Å². The van der Waals surface area contributed by atoms with E-state index in [9.17, 15) is 4.79 Å². The standard InChI is InChI=1S/C19H31N5O3.HI/c1-22(2)18(25)14-21-19(20-7-5-17-4-3-11-27-17)24-8-6-16(15-24)23-9-12-26-13-10-23;/h3-4,11,16H,5-10,12-15H2,1-2H3,(H,20,21);1H. The van der Waals surface area contributed by atoms with Crippen LogP contribution < -0.4 is 5.32 Å². The third-order valence-corrected chi connectivity index (χ3v) is 5.12. The van der Waals surface area contributed by atoms with E-state index in [1.54, 1.807) is 25.3 Å². The minimum absolute atomic E-state index is 0. The maximum absolute atomic E-state index is 12.0. The first-order valence-corrected chi connectivity index (χ1v) is 9.71. The average molecular weight is 505 g/mol. The van der Waals surface area contributed by atoms with Crippen LogP contribution in [0.5, 0.6) is 0 Å². The third kappa shape index (κ3) is 6.63. The Morgan fingerprint density at radius 1 is 1.32 bits per heavy atom. The number of morpholine rings is 1. The fourth-order valence-electron chi connectivity index (χ4n) is 3.48. The van der Waals surface area contributed by atoms with Crippen molar-refractivity contribution in [2.75, 3.05) is 66.6 Å². The summed E-state index contributed by atoms with van der Waals surface area (Å²) in [7, 11) is 3.51. The molecule has 1 amide bonds. The molecule has 8 nitrogen and oxygen atoms in total. The predicted octanol–water partition coefficient (Wildman–Crippen LogP) is 0.880. The summed E-state index contributed by atoms with van der Waals surface area (Å²) in [4.78, 5) is 22.9. The highest BCUT2D eigenvalue weighted by molar-refractivity contribution is 14.0. The third-order valence-electron chi connectivity index (χ3n) is 5.12. The van der Waals surface area contributed by atoms with E-state index < -0.39 is 0 Å². The van der Waals surface area contributed by atoms with E-state index in [0.717, 1.165) is 70.5 Å². The van der Waals surface area contributed by atoms with Gasteiger partial charge >= 0.3 is 0 Å². The largest absolute Gasteiger partial charge is 0.469 e. The number of ether oxygens (including phenoxy) is 1. The molecule has 2 aliphatic heterocycles. The monoisotopic (exact) mass is 505 g/mol. The number of hydrogen-bond acceptors (Lipinski definition) is 5. The summed E-state index contributed by atoms with van der Waals surface area (Å²) in [6.45, 7) is 6.39. The first-order valence-electron chi connectivity index (χ1n) is 9.71. The fraction of sp³-hybridized carbons (Fsp3) is 0.684. The van der Waals surface area contributed by atoms with Crippen LogP contribution in [0.2, 0.25) is 0 Å². The number of carbonyl (C=O) groups excluding carboxylic acids is 1. The van der Waals surface area contributed by atoms with Crippen LogP contribution in [0.1, 0.15) is 12.2 Å². The van der Waals surface area contributed by atoms with Crippen molar-refractivity contribution in [2.24, 2.45) is 4.99 Å². The van der Waals surface area contributed by atoms with Crippen molar-refractivity contribution >= 4 is 35.8 Å². The topological polar surface area (TPSA) is 73.6 Å². The van der Waals surface area contributed by atoms with Crippen molar-refractivity contribution in [2.45, 2.75) is 18.9 Å². The quantitative estimate of drug-likeness (QED) is 0.352. The van der Waals surface area contributed by atoms with Gasteiger partial charge < -0.3 is 24.3 Å². The molecule has 0 aromatic carbocycles. The van der Waals surface area contributed by atoms with Gasteiger partial charge in [0.25, 0.3) is 0 Å². The normalized spacial score (nSPS) is 20.7. The molecule has 158 valence electrons. The Labute approximate surface area is 184 Å². The molecule has 0 bridgehead atoms. The highest BCUT2D eigenvalue weighted by Crippen LogP contribution is 2.17. The van der Waals surface area contributed by atoms with Crippen LogP contribution in [-0.4, -0.2) is 99.2 Å². The molecule has 0 radical (unpaired) electrons. The molecule has 0 aliphatic carbocycles. The molecule has 2 fully saturated rings. The molecule has 0 spiro atoms. The number of likely N-dealkylation sites (tertiary alicyclic amines) is 1. The van der Waals surface area contributed by atoms with Crippen LogP contribution in [0.15, 0.2) is 27.8 Å². The number of amides is 1. The molecule has 1 atom stereocenters. The van der Waals surface area contributed by atoms with Gasteiger partial charge in [-0.25, -0.2) is 4.99 Å². The van der Waals surface area contributed by atoms with Gasteiger partial charge in [-0.3, -0.25) is 9.69 Å². The number of rotatable bonds is 6. The van der Waals surface area contributed by atoms with Crippen LogP contribution in [0.3, 0.4) is 0 Å². The maximum atomic E-state index is 12.0. The molecule has 9 heteroatoms. The molecule has 2 aliphatic rings. The van der Waals surface area contributed by atoms with Gasteiger partial charge in [0.1, 0.15) is 12.3 Å². The van der Waals surface area contributed by atoms with Gasteiger partial charge in [-0.05, 0) is 18.6 Å². The summed E-state index contributed by atoms with van der Waals surface area (Å²) in [5.41, 5.74) is 0. The SMILES string of the molecule is CN(C)C(=O)CN=C(NCCc1ccco1)N1CCC(N2CCOCC2)C1.I. The number of aliphatic imine (C=N–C) groups is 1. The molecule has 0 saturated carbocycles. The Balaban J connectivity index is 0.00000280. The zero-order valence-corrected chi connectivity index (χ0v) is 19.1. The second kappa shape index (κ2) is 11.6. The zero-order chi connectivity index (χ0) is 19.1. The Hall–Kier alpha value is -1.33. The lowest BCUT2D eigenvalue weighted by Gasteiger charge is -2.32. The number of likely N-dealkylation sites (N-methyl/N-ethyl adjacent to an activating group) is 1. The summed E-state index contributed by atoms with van der Waals surface area (Å²) < 4.78 is 10.9. The summed E-state index contributed by atoms with van der Waals surface area (Å²) in [6, 6.07) is 4.39. The van der Waals surface area contributed by atoms with E-state index in [2.05, 4.69) is 20.1 Å². The maximum Gasteiger partial charge on any atom is 0.243 e. The van der Waals surface area contributed by atoms with Gasteiger partial charge in [0.15, 0.2) is 5.96 Å². The Morgan fingerprint density at radius 2 is 2.11 bits per heavy atom. The lowest BCUT2D eigenvalue weighted by atomic mass is 10.2. The van der Waals surface area contributed by atoms with Gasteiger partial charge in [0.05, 0.1) is 19.5 Å². The van der Waals surface area contributed by atoms with Crippen LogP contribution in [0.4, 0.5) is 0 Å². The molecule has 1 aromatic heterocycles. The fourth-order valence-corrected chi connectivity index (χ4v) is 3.48. The van der Waals surface area contributed by atoms with Crippen LogP contribution in [0.25, 0.3) is 0 Å². The highest BCUT2D eigenvalue weighted by Gasteiger charge is 2.30. The van der Waals surface area contributed by atoms with E-state index in [0.29, 0.717) is 6.04 Å². The second-order valence-electron chi connectivity index (χ2n) is 7.22. The summed E-state index contributed by atoms with van der Waals surface area (Å²) in [5.74, 6) is 1.76. The molecular weight excluding hydrogens is 473 g/mol. The number of nitrogens with zero attached hydrogens (tertiary/aromatic N) is 4. The van der Waals surface area contributed by atoms with Gasteiger partial charge in [-0.1, -0.05) is 0 Å². The van der Waals surface area contributed by atoms with Crippen LogP contribution >= 0.6 is 24.0 Å². The average Bonchev–Trinajstić information content (AvgIpc) is 3.37. The highest BCUT2D eigenvalue weighted by atomic mass is 127. The first kappa shape index (κ1) is 23.0.